The molecule has 0 aromatic rings. The van der Waals surface area contributed by atoms with Gasteiger partial charge in [-0.25, -0.2) is 0 Å². The maximum atomic E-state index is 2.39. The lowest BCUT2D eigenvalue weighted by molar-refractivity contribution is 0.358. The summed E-state index contributed by atoms with van der Waals surface area (Å²) in [4.78, 5) is 0. The molecule has 0 aromatic heterocycles. The quantitative estimate of drug-likeness (QED) is 0.429. The molecular weight excluding hydrogens is 192 g/mol. The van der Waals surface area contributed by atoms with Gasteiger partial charge in [0.05, 0.1) is 0 Å². The van der Waals surface area contributed by atoms with Crippen LogP contribution in [0, 0.1) is 23.7 Å². The van der Waals surface area contributed by atoms with Crippen LogP contribution in [0.4, 0.5) is 0 Å². The van der Waals surface area contributed by atoms with Crippen LogP contribution in [0.1, 0.15) is 80.1 Å². The van der Waals surface area contributed by atoms with Crippen molar-refractivity contribution in [1.82, 2.24) is 0 Å². The Labute approximate surface area is 104 Å². The van der Waals surface area contributed by atoms with E-state index in [2.05, 4.69) is 41.5 Å². The number of rotatable bonds is 9. The van der Waals surface area contributed by atoms with E-state index in [-0.39, 0.29) is 0 Å². The summed E-state index contributed by atoms with van der Waals surface area (Å²) in [5.41, 5.74) is 0. The van der Waals surface area contributed by atoms with E-state index < -0.39 is 0 Å². The van der Waals surface area contributed by atoms with Crippen molar-refractivity contribution in [3.05, 3.63) is 0 Å². The summed E-state index contributed by atoms with van der Waals surface area (Å²) in [6.07, 6.45) is 8.63. The van der Waals surface area contributed by atoms with Gasteiger partial charge in [-0.2, -0.15) is 0 Å². The Kier molecular flexibility index (Phi) is 9.07. The van der Waals surface area contributed by atoms with Crippen LogP contribution in [0.25, 0.3) is 0 Å². The zero-order valence-electron chi connectivity index (χ0n) is 12.6. The van der Waals surface area contributed by atoms with Crippen LogP contribution < -0.4 is 0 Å². The fourth-order valence-electron chi connectivity index (χ4n) is 1.95. The minimum atomic E-state index is 0.862. The van der Waals surface area contributed by atoms with Gasteiger partial charge < -0.3 is 0 Å². The van der Waals surface area contributed by atoms with E-state index >= 15 is 0 Å². The molecule has 0 N–H and O–H groups in total. The van der Waals surface area contributed by atoms with E-state index in [1.54, 1.807) is 0 Å². The molecule has 0 heteroatoms. The highest BCUT2D eigenvalue weighted by Gasteiger charge is 2.07. The molecule has 0 aliphatic carbocycles. The molecule has 2 unspecified atom stereocenters. The van der Waals surface area contributed by atoms with E-state index in [0.717, 1.165) is 23.7 Å². The van der Waals surface area contributed by atoms with Gasteiger partial charge >= 0.3 is 0 Å². The smallest absolute Gasteiger partial charge is 0.0420 e. The summed E-state index contributed by atoms with van der Waals surface area (Å²) >= 11 is 0. The van der Waals surface area contributed by atoms with Crippen LogP contribution in [-0.2, 0) is 0 Å². The second kappa shape index (κ2) is 9.07. The van der Waals surface area contributed by atoms with Crippen LogP contribution in [-0.4, -0.2) is 0 Å². The molecule has 0 radical (unpaired) electrons. The first-order chi connectivity index (χ1) is 7.45. The van der Waals surface area contributed by atoms with E-state index in [1.807, 2.05) is 0 Å². The molecule has 0 nitrogen and oxygen atoms in total. The molecule has 0 amide bonds. The van der Waals surface area contributed by atoms with Gasteiger partial charge in [-0.05, 0) is 23.7 Å². The van der Waals surface area contributed by atoms with Crippen molar-refractivity contribution >= 4 is 0 Å². The first-order valence-corrected chi connectivity index (χ1v) is 7.45. The average Bonchev–Trinajstić information content (AvgIpc) is 2.21. The Morgan fingerprint density at radius 1 is 0.500 bits per heavy atom. The lowest BCUT2D eigenvalue weighted by atomic mass is 9.90. The summed E-state index contributed by atoms with van der Waals surface area (Å²) in [5, 5.41) is 0. The standard InChI is InChI=1S/C16H34/c1-13(2)15(5)11-9-7-8-10-12-16(6)14(3)4/h13-16H,7-12H2,1-6H3. The molecule has 98 valence electrons. The molecule has 0 saturated heterocycles. The molecule has 16 heavy (non-hydrogen) atoms. The molecule has 0 rings (SSSR count). The summed E-state index contributed by atoms with van der Waals surface area (Å²) in [6.45, 7) is 14.2. The van der Waals surface area contributed by atoms with Gasteiger partial charge in [-0.15, -0.1) is 0 Å². The van der Waals surface area contributed by atoms with Gasteiger partial charge in [-0.3, -0.25) is 0 Å². The predicted octanol–water partition coefficient (Wildman–Crippen LogP) is 5.91. The van der Waals surface area contributed by atoms with Crippen molar-refractivity contribution in [1.29, 1.82) is 0 Å². The fourth-order valence-corrected chi connectivity index (χ4v) is 1.95. The molecule has 0 aromatic carbocycles. The lowest BCUT2D eigenvalue weighted by Crippen LogP contribution is -2.04. The predicted molar refractivity (Wildman–Crippen MR) is 75.7 cm³/mol. The summed E-state index contributed by atoms with van der Waals surface area (Å²) in [6, 6.07) is 0. The van der Waals surface area contributed by atoms with Crippen LogP contribution in [0.2, 0.25) is 0 Å². The molecule has 0 heterocycles. The third kappa shape index (κ3) is 8.19. The molecule has 0 spiro atoms. The van der Waals surface area contributed by atoms with Gasteiger partial charge in [0.1, 0.15) is 0 Å². The van der Waals surface area contributed by atoms with Crippen molar-refractivity contribution in [2.24, 2.45) is 23.7 Å². The summed E-state index contributed by atoms with van der Waals surface area (Å²) in [7, 11) is 0. The number of hydrogen-bond donors (Lipinski definition) is 0. The maximum absolute atomic E-state index is 2.39. The number of hydrogen-bond acceptors (Lipinski definition) is 0. The van der Waals surface area contributed by atoms with Crippen LogP contribution in [0.3, 0.4) is 0 Å². The zero-order chi connectivity index (χ0) is 12.6. The number of unbranched alkanes of at least 4 members (excludes halogenated alkanes) is 3. The molecule has 0 fully saturated rings. The van der Waals surface area contributed by atoms with E-state index in [0.29, 0.717) is 0 Å². The third-order valence-electron chi connectivity index (χ3n) is 4.35. The van der Waals surface area contributed by atoms with E-state index in [1.165, 1.54) is 38.5 Å². The Balaban J connectivity index is 3.28. The monoisotopic (exact) mass is 226 g/mol. The largest absolute Gasteiger partial charge is 0.0625 e. The Bertz CT molecular complexity index is 128. The van der Waals surface area contributed by atoms with E-state index in [4.69, 9.17) is 0 Å². The minimum absolute atomic E-state index is 0.862. The van der Waals surface area contributed by atoms with Crippen LogP contribution >= 0.6 is 0 Å². The highest BCUT2D eigenvalue weighted by atomic mass is 14.1. The second-order valence-corrected chi connectivity index (χ2v) is 6.43. The minimum Gasteiger partial charge on any atom is -0.0625 e. The van der Waals surface area contributed by atoms with Gasteiger partial charge in [0.25, 0.3) is 0 Å². The van der Waals surface area contributed by atoms with Crippen molar-refractivity contribution < 1.29 is 0 Å². The molecule has 2 atom stereocenters. The van der Waals surface area contributed by atoms with Crippen molar-refractivity contribution in [2.45, 2.75) is 80.1 Å². The van der Waals surface area contributed by atoms with Gasteiger partial charge in [0.2, 0.25) is 0 Å². The van der Waals surface area contributed by atoms with Gasteiger partial charge in [0.15, 0.2) is 0 Å². The first kappa shape index (κ1) is 16.0. The van der Waals surface area contributed by atoms with Crippen LogP contribution in [0.15, 0.2) is 0 Å². The van der Waals surface area contributed by atoms with Gasteiger partial charge in [-0.1, -0.05) is 80.1 Å². The Morgan fingerprint density at radius 2 is 0.812 bits per heavy atom. The van der Waals surface area contributed by atoms with Crippen LogP contribution in [0.5, 0.6) is 0 Å². The maximum Gasteiger partial charge on any atom is -0.0420 e. The SMILES string of the molecule is CC(C)C(C)CCCCCCC(C)C(C)C. The highest BCUT2D eigenvalue weighted by Crippen LogP contribution is 2.20. The highest BCUT2D eigenvalue weighted by molar-refractivity contribution is 4.59. The normalized spacial score (nSPS) is 15.8. The molecule has 0 bridgehead atoms. The van der Waals surface area contributed by atoms with Crippen molar-refractivity contribution in [3.8, 4) is 0 Å². The Hall–Kier alpha value is 0. The van der Waals surface area contributed by atoms with Crippen molar-refractivity contribution in [3.63, 3.8) is 0 Å². The third-order valence-corrected chi connectivity index (χ3v) is 4.35. The molecular formula is C16H34. The molecule has 0 aliphatic rings. The topological polar surface area (TPSA) is 0 Å². The molecule has 0 saturated carbocycles. The van der Waals surface area contributed by atoms with Crippen molar-refractivity contribution in [2.75, 3.05) is 0 Å². The average molecular weight is 226 g/mol. The summed E-state index contributed by atoms with van der Waals surface area (Å²) in [5.74, 6) is 3.55. The Morgan fingerprint density at radius 3 is 1.06 bits per heavy atom. The van der Waals surface area contributed by atoms with E-state index in [9.17, 15) is 0 Å². The summed E-state index contributed by atoms with van der Waals surface area (Å²) < 4.78 is 0. The zero-order valence-corrected chi connectivity index (χ0v) is 12.6. The molecule has 0 aliphatic heterocycles. The lowest BCUT2D eigenvalue weighted by Gasteiger charge is -2.16. The first-order valence-electron chi connectivity index (χ1n) is 7.45. The van der Waals surface area contributed by atoms with Gasteiger partial charge in [0, 0.05) is 0 Å². The second-order valence-electron chi connectivity index (χ2n) is 6.43. The fraction of sp³-hybridized carbons (Fsp3) is 1.00.